The minimum absolute atomic E-state index is 0.0916. The number of piperazine rings is 1. The van der Waals surface area contributed by atoms with Crippen LogP contribution in [0.1, 0.15) is 10.4 Å². The summed E-state index contributed by atoms with van der Waals surface area (Å²) in [5.74, 6) is -0.182. The Morgan fingerprint density at radius 2 is 1.77 bits per heavy atom. The molecule has 1 saturated heterocycles. The highest BCUT2D eigenvalue weighted by Crippen LogP contribution is 2.16. The van der Waals surface area contributed by atoms with E-state index >= 15 is 0 Å². The van der Waals surface area contributed by atoms with E-state index in [1.165, 1.54) is 24.3 Å². The zero-order chi connectivity index (χ0) is 18.5. The minimum Gasteiger partial charge on any atom is -0.353 e. The predicted octanol–water partition coefficient (Wildman–Crippen LogP) is 1.95. The number of nitrogens with zero attached hydrogens (tertiary/aromatic N) is 3. The van der Waals surface area contributed by atoms with Crippen LogP contribution in [0.15, 0.2) is 42.5 Å². The molecule has 0 unspecified atom stereocenters. The molecular formula is C18H18ClFN4O2. The van der Waals surface area contributed by atoms with E-state index in [-0.39, 0.29) is 12.5 Å². The fourth-order valence-electron chi connectivity index (χ4n) is 2.73. The van der Waals surface area contributed by atoms with E-state index in [1.54, 1.807) is 11.0 Å². The van der Waals surface area contributed by atoms with Gasteiger partial charge in [-0.25, -0.2) is 9.37 Å². The van der Waals surface area contributed by atoms with Crippen molar-refractivity contribution in [1.82, 2.24) is 15.2 Å². The van der Waals surface area contributed by atoms with Gasteiger partial charge in [-0.2, -0.15) is 0 Å². The molecule has 2 aromatic rings. The van der Waals surface area contributed by atoms with Crippen LogP contribution in [0.5, 0.6) is 0 Å². The molecule has 1 fully saturated rings. The summed E-state index contributed by atoms with van der Waals surface area (Å²) in [6, 6.07) is 10.6. The van der Waals surface area contributed by atoms with Crippen LogP contribution in [0.3, 0.4) is 0 Å². The summed E-state index contributed by atoms with van der Waals surface area (Å²) in [6.07, 6.45) is 0. The van der Waals surface area contributed by atoms with Gasteiger partial charge < -0.3 is 15.1 Å². The van der Waals surface area contributed by atoms with Gasteiger partial charge in [-0.05, 0) is 36.4 Å². The summed E-state index contributed by atoms with van der Waals surface area (Å²) in [7, 11) is 0. The van der Waals surface area contributed by atoms with E-state index < -0.39 is 11.7 Å². The summed E-state index contributed by atoms with van der Waals surface area (Å²) in [6.45, 7) is 2.28. The van der Waals surface area contributed by atoms with Crippen LogP contribution in [0.4, 0.5) is 10.2 Å². The maximum Gasteiger partial charge on any atom is 0.251 e. The van der Waals surface area contributed by atoms with Crippen LogP contribution in [0.25, 0.3) is 0 Å². The van der Waals surface area contributed by atoms with Crippen molar-refractivity contribution in [2.24, 2.45) is 0 Å². The van der Waals surface area contributed by atoms with Gasteiger partial charge >= 0.3 is 0 Å². The number of nitrogens with one attached hydrogen (secondary N) is 1. The minimum atomic E-state index is -0.412. The number of halogens is 2. The lowest BCUT2D eigenvalue weighted by atomic mass is 10.2. The summed E-state index contributed by atoms with van der Waals surface area (Å²) in [5.41, 5.74) is 0.316. The Hall–Kier alpha value is -2.67. The fraction of sp³-hybridized carbons (Fsp3) is 0.278. The van der Waals surface area contributed by atoms with Gasteiger partial charge in [0.15, 0.2) is 0 Å². The first-order valence-electron chi connectivity index (χ1n) is 8.22. The highest BCUT2D eigenvalue weighted by molar-refractivity contribution is 6.29. The highest BCUT2D eigenvalue weighted by Gasteiger charge is 2.22. The van der Waals surface area contributed by atoms with Crippen molar-refractivity contribution >= 4 is 29.2 Å². The molecule has 0 atom stereocenters. The van der Waals surface area contributed by atoms with Gasteiger partial charge in [0.25, 0.3) is 5.91 Å². The van der Waals surface area contributed by atoms with Crippen LogP contribution >= 0.6 is 11.6 Å². The quantitative estimate of drug-likeness (QED) is 0.828. The van der Waals surface area contributed by atoms with Crippen LogP contribution in [-0.4, -0.2) is 54.4 Å². The number of hydrogen-bond donors (Lipinski definition) is 1. The van der Waals surface area contributed by atoms with E-state index in [0.29, 0.717) is 36.9 Å². The molecule has 3 rings (SSSR count). The summed E-state index contributed by atoms with van der Waals surface area (Å²) in [5, 5.41) is 3.00. The van der Waals surface area contributed by atoms with Gasteiger partial charge in [0.05, 0.1) is 6.54 Å². The fourth-order valence-corrected chi connectivity index (χ4v) is 2.89. The number of benzene rings is 1. The molecule has 0 radical (unpaired) electrons. The number of hydrogen-bond acceptors (Lipinski definition) is 4. The largest absolute Gasteiger partial charge is 0.353 e. The van der Waals surface area contributed by atoms with Gasteiger partial charge in [-0.15, -0.1) is 0 Å². The maximum atomic E-state index is 12.9. The Morgan fingerprint density at radius 3 is 2.42 bits per heavy atom. The molecule has 2 heterocycles. The third-order valence-electron chi connectivity index (χ3n) is 4.16. The van der Waals surface area contributed by atoms with Gasteiger partial charge in [-0.1, -0.05) is 17.7 Å². The molecule has 8 heteroatoms. The van der Waals surface area contributed by atoms with Crippen molar-refractivity contribution in [1.29, 1.82) is 0 Å². The van der Waals surface area contributed by atoms with Crippen LogP contribution in [-0.2, 0) is 4.79 Å². The second kappa shape index (κ2) is 8.14. The Balaban J connectivity index is 1.47. The molecule has 0 spiro atoms. The Labute approximate surface area is 155 Å². The number of pyridine rings is 1. The van der Waals surface area contributed by atoms with Crippen molar-refractivity contribution in [3.8, 4) is 0 Å². The topological polar surface area (TPSA) is 65.5 Å². The van der Waals surface area contributed by atoms with Crippen molar-refractivity contribution in [3.05, 3.63) is 59.0 Å². The average molecular weight is 377 g/mol. The molecule has 0 aliphatic carbocycles. The normalized spacial score (nSPS) is 14.2. The molecule has 26 heavy (non-hydrogen) atoms. The number of anilines is 1. The third kappa shape index (κ3) is 4.49. The molecule has 6 nitrogen and oxygen atoms in total. The molecule has 1 aromatic heterocycles. The van der Waals surface area contributed by atoms with Crippen LogP contribution in [0.2, 0.25) is 5.15 Å². The lowest BCUT2D eigenvalue weighted by molar-refractivity contribution is -0.130. The third-order valence-corrected chi connectivity index (χ3v) is 4.37. The first-order chi connectivity index (χ1) is 12.5. The maximum absolute atomic E-state index is 12.9. The lowest BCUT2D eigenvalue weighted by Gasteiger charge is -2.35. The Morgan fingerprint density at radius 1 is 1.08 bits per heavy atom. The zero-order valence-corrected chi connectivity index (χ0v) is 14.7. The molecule has 1 aromatic carbocycles. The number of carbonyl (C=O) groups is 2. The van der Waals surface area contributed by atoms with Crippen molar-refractivity contribution in [2.75, 3.05) is 37.6 Å². The molecule has 0 saturated carbocycles. The van der Waals surface area contributed by atoms with Gasteiger partial charge in [0, 0.05) is 31.7 Å². The molecule has 1 N–H and O–H groups in total. The Bertz CT molecular complexity index is 792. The SMILES string of the molecule is O=C(NCC(=O)N1CCN(c2cccc(Cl)n2)CC1)c1ccc(F)cc1. The summed E-state index contributed by atoms with van der Waals surface area (Å²) < 4.78 is 12.9. The van der Waals surface area contributed by atoms with Gasteiger partial charge in [0.2, 0.25) is 5.91 Å². The van der Waals surface area contributed by atoms with Crippen molar-refractivity contribution in [3.63, 3.8) is 0 Å². The first kappa shape index (κ1) is 18.1. The van der Waals surface area contributed by atoms with Crippen molar-refractivity contribution < 1.29 is 14.0 Å². The molecule has 2 amide bonds. The predicted molar refractivity (Wildman–Crippen MR) is 96.8 cm³/mol. The smallest absolute Gasteiger partial charge is 0.251 e. The monoisotopic (exact) mass is 376 g/mol. The van der Waals surface area contributed by atoms with Gasteiger partial charge in [-0.3, -0.25) is 9.59 Å². The Kier molecular flexibility index (Phi) is 5.68. The van der Waals surface area contributed by atoms with E-state index in [0.717, 1.165) is 5.82 Å². The molecule has 1 aliphatic rings. The zero-order valence-electron chi connectivity index (χ0n) is 14.0. The summed E-state index contributed by atoms with van der Waals surface area (Å²) in [4.78, 5) is 32.3. The van der Waals surface area contributed by atoms with Crippen LogP contribution in [0, 0.1) is 5.82 Å². The molecule has 0 bridgehead atoms. The van der Waals surface area contributed by atoms with E-state index in [2.05, 4.69) is 15.2 Å². The lowest BCUT2D eigenvalue weighted by Crippen LogP contribution is -2.51. The van der Waals surface area contributed by atoms with E-state index in [1.807, 2.05) is 12.1 Å². The second-order valence-corrected chi connectivity index (χ2v) is 6.26. The standard InChI is InChI=1S/C18H18ClFN4O2/c19-15-2-1-3-16(22-15)23-8-10-24(11-9-23)17(25)12-21-18(26)13-4-6-14(20)7-5-13/h1-7H,8-12H2,(H,21,26). The number of amides is 2. The first-order valence-corrected chi connectivity index (χ1v) is 8.60. The number of aromatic nitrogens is 1. The molecule has 136 valence electrons. The molecular weight excluding hydrogens is 359 g/mol. The van der Waals surface area contributed by atoms with E-state index in [4.69, 9.17) is 11.6 Å². The highest BCUT2D eigenvalue weighted by atomic mass is 35.5. The summed E-state index contributed by atoms with van der Waals surface area (Å²) >= 11 is 5.91. The number of rotatable bonds is 4. The average Bonchev–Trinajstić information content (AvgIpc) is 2.66. The number of carbonyl (C=O) groups excluding carboxylic acids is 2. The van der Waals surface area contributed by atoms with Crippen molar-refractivity contribution in [2.45, 2.75) is 0 Å². The molecule has 1 aliphatic heterocycles. The second-order valence-electron chi connectivity index (χ2n) is 5.88. The van der Waals surface area contributed by atoms with Crippen LogP contribution < -0.4 is 10.2 Å². The van der Waals surface area contributed by atoms with Gasteiger partial charge in [0.1, 0.15) is 16.8 Å². The van der Waals surface area contributed by atoms with E-state index in [9.17, 15) is 14.0 Å².